The van der Waals surface area contributed by atoms with E-state index in [4.69, 9.17) is 20.6 Å². The molecule has 0 amide bonds. The minimum absolute atomic E-state index is 0.129. The number of rotatable bonds is 6. The summed E-state index contributed by atoms with van der Waals surface area (Å²) in [5, 5.41) is 3.28. The molecule has 0 radical (unpaired) electrons. The molecule has 2 aromatic carbocycles. The van der Waals surface area contributed by atoms with Gasteiger partial charge in [0.1, 0.15) is 0 Å². The van der Waals surface area contributed by atoms with Gasteiger partial charge in [0.25, 0.3) is 0 Å². The highest BCUT2D eigenvalue weighted by atomic mass is 35.5. The lowest BCUT2D eigenvalue weighted by molar-refractivity contribution is -0.137. The molecule has 0 aromatic heterocycles. The van der Waals surface area contributed by atoms with Gasteiger partial charge in [0.05, 0.1) is 5.56 Å². The van der Waals surface area contributed by atoms with Gasteiger partial charge in [-0.15, -0.1) is 0 Å². The predicted molar refractivity (Wildman–Crippen MR) is 90.9 cm³/mol. The van der Waals surface area contributed by atoms with Crippen LogP contribution in [-0.4, -0.2) is 14.2 Å². The summed E-state index contributed by atoms with van der Waals surface area (Å²) in [5.41, 5.74) is -0.199. The molecule has 0 aliphatic carbocycles. The Kier molecular flexibility index (Phi) is 6.16. The number of anilines is 1. The van der Waals surface area contributed by atoms with Gasteiger partial charge in [0.15, 0.2) is 5.78 Å². The van der Waals surface area contributed by atoms with E-state index < -0.39 is 25.1 Å². The second-order valence-electron chi connectivity index (χ2n) is 5.08. The van der Waals surface area contributed by atoms with Crippen molar-refractivity contribution in [2.75, 3.05) is 19.5 Å². The van der Waals surface area contributed by atoms with Crippen LogP contribution in [0.2, 0.25) is 5.02 Å². The molecule has 9 heteroatoms. The third kappa shape index (κ3) is 4.76. The Morgan fingerprint density at radius 3 is 2.20 bits per heavy atom. The van der Waals surface area contributed by atoms with Crippen LogP contribution in [0.3, 0.4) is 0 Å². The first kappa shape index (κ1) is 19.8. The third-order valence-electron chi connectivity index (χ3n) is 3.50. The van der Waals surface area contributed by atoms with Crippen molar-refractivity contribution in [3.63, 3.8) is 0 Å². The summed E-state index contributed by atoms with van der Waals surface area (Å²) in [7, 11) is -1.27. The maximum Gasteiger partial charge on any atom is 0.416 e. The van der Waals surface area contributed by atoms with Crippen molar-refractivity contribution in [3.05, 3.63) is 64.7 Å². The number of benzene rings is 2. The molecule has 1 N–H and O–H groups in total. The minimum atomic E-state index is -4.49. The highest BCUT2D eigenvalue weighted by Gasteiger charge is 2.36. The first-order chi connectivity index (χ1) is 11.7. The first-order valence-electron chi connectivity index (χ1n) is 7.10. The predicted octanol–water partition coefficient (Wildman–Crippen LogP) is 5.96. The Labute approximate surface area is 148 Å². The number of halogens is 4. The van der Waals surface area contributed by atoms with Crippen LogP contribution in [0.5, 0.6) is 0 Å². The average molecular weight is 394 g/mol. The summed E-state index contributed by atoms with van der Waals surface area (Å²) in [5.74, 6) is -1.01. The Bertz CT molecular complexity index is 760. The average Bonchev–Trinajstić information content (AvgIpc) is 2.59. The van der Waals surface area contributed by atoms with Crippen molar-refractivity contribution < 1.29 is 26.8 Å². The van der Waals surface area contributed by atoms with Crippen LogP contribution in [0.4, 0.5) is 18.9 Å². The van der Waals surface area contributed by atoms with Crippen molar-refractivity contribution in [2.45, 2.75) is 12.0 Å². The monoisotopic (exact) mass is 393 g/mol. The Hall–Kier alpha value is -1.53. The van der Waals surface area contributed by atoms with Crippen molar-refractivity contribution in [1.29, 1.82) is 0 Å². The van der Waals surface area contributed by atoms with Gasteiger partial charge in [-0.2, -0.15) is 13.2 Å². The zero-order valence-corrected chi connectivity index (χ0v) is 15.0. The van der Waals surface area contributed by atoms with E-state index in [-0.39, 0.29) is 5.69 Å². The van der Waals surface area contributed by atoms with Gasteiger partial charge in [-0.3, -0.25) is 4.57 Å². The smallest absolute Gasteiger partial charge is 0.368 e. The largest absolute Gasteiger partial charge is 0.416 e. The lowest BCUT2D eigenvalue weighted by Gasteiger charge is -2.26. The van der Waals surface area contributed by atoms with E-state index in [2.05, 4.69) is 5.32 Å². The molecule has 0 unspecified atom stereocenters. The van der Waals surface area contributed by atoms with Gasteiger partial charge in [-0.1, -0.05) is 29.8 Å². The molecule has 0 bridgehead atoms. The van der Waals surface area contributed by atoms with Gasteiger partial charge >= 0.3 is 13.8 Å². The number of alkyl halides is 3. The summed E-state index contributed by atoms with van der Waals surface area (Å²) in [6, 6.07) is 10.9. The molecular weight excluding hydrogens is 378 g/mol. The van der Waals surface area contributed by atoms with Crippen molar-refractivity contribution >= 4 is 24.9 Å². The van der Waals surface area contributed by atoms with E-state index in [9.17, 15) is 17.7 Å². The lowest BCUT2D eigenvalue weighted by Crippen LogP contribution is -2.14. The zero-order chi connectivity index (χ0) is 18.7. The van der Waals surface area contributed by atoms with E-state index in [0.717, 1.165) is 12.1 Å². The molecule has 0 heterocycles. The van der Waals surface area contributed by atoms with E-state index in [1.807, 2.05) is 0 Å². The Morgan fingerprint density at radius 1 is 1.08 bits per heavy atom. The van der Waals surface area contributed by atoms with Crippen LogP contribution in [0, 0.1) is 0 Å². The van der Waals surface area contributed by atoms with Crippen LogP contribution in [0.25, 0.3) is 0 Å². The van der Waals surface area contributed by atoms with E-state index in [0.29, 0.717) is 10.6 Å². The van der Waals surface area contributed by atoms with Crippen LogP contribution >= 0.6 is 19.2 Å². The van der Waals surface area contributed by atoms with Gasteiger partial charge in [-0.25, -0.2) is 0 Å². The number of hydrogen-bond donors (Lipinski definition) is 1. The fourth-order valence-electron chi connectivity index (χ4n) is 2.22. The molecule has 1 atom stereocenters. The molecule has 0 aliphatic heterocycles. The minimum Gasteiger partial charge on any atom is -0.368 e. The molecule has 2 rings (SSSR count). The standard InChI is InChI=1S/C16H16ClF3NO3P/c1-23-25(22,24-2)15(11-6-8-13(17)9-7-11)21-14-5-3-4-12(10-14)16(18,19)20/h3-10,15,21H,1-2H3/t15-/m1/s1. The van der Waals surface area contributed by atoms with Crippen molar-refractivity contribution in [3.8, 4) is 0 Å². The highest BCUT2D eigenvalue weighted by molar-refractivity contribution is 7.54. The quantitative estimate of drug-likeness (QED) is 0.615. The van der Waals surface area contributed by atoms with Crippen molar-refractivity contribution in [1.82, 2.24) is 0 Å². The van der Waals surface area contributed by atoms with Gasteiger partial charge in [0.2, 0.25) is 0 Å². The lowest BCUT2D eigenvalue weighted by atomic mass is 10.1. The second kappa shape index (κ2) is 7.79. The first-order valence-corrected chi connectivity index (χ1v) is 9.09. The maximum absolute atomic E-state index is 12.9. The zero-order valence-electron chi connectivity index (χ0n) is 13.4. The maximum atomic E-state index is 12.9. The van der Waals surface area contributed by atoms with E-state index in [1.165, 1.54) is 26.4 Å². The molecule has 0 aliphatic rings. The molecule has 4 nitrogen and oxygen atoms in total. The second-order valence-corrected chi connectivity index (χ2v) is 7.84. The molecule has 0 saturated heterocycles. The summed E-state index contributed by atoms with van der Waals surface area (Å²) < 4.78 is 61.6. The summed E-state index contributed by atoms with van der Waals surface area (Å²) in [4.78, 5) is 0. The topological polar surface area (TPSA) is 47.6 Å². The number of hydrogen-bond acceptors (Lipinski definition) is 4. The van der Waals surface area contributed by atoms with Gasteiger partial charge in [0, 0.05) is 24.9 Å². The van der Waals surface area contributed by atoms with Crippen LogP contribution in [0.1, 0.15) is 16.9 Å². The van der Waals surface area contributed by atoms with E-state index in [1.54, 1.807) is 24.3 Å². The van der Waals surface area contributed by atoms with Crippen LogP contribution in [-0.2, 0) is 19.8 Å². The molecule has 25 heavy (non-hydrogen) atoms. The third-order valence-corrected chi connectivity index (χ3v) is 5.83. The van der Waals surface area contributed by atoms with E-state index >= 15 is 0 Å². The van der Waals surface area contributed by atoms with Crippen LogP contribution < -0.4 is 5.32 Å². The Balaban J connectivity index is 2.44. The normalized spacial score (nSPS) is 13.5. The molecule has 0 spiro atoms. The SMILES string of the molecule is COP(=O)(OC)[C@@H](Nc1cccc(C(F)(F)F)c1)c1ccc(Cl)cc1. The fraction of sp³-hybridized carbons (Fsp3) is 0.250. The number of nitrogens with one attached hydrogen (secondary N) is 1. The molecule has 0 fully saturated rings. The molecule has 136 valence electrons. The highest BCUT2D eigenvalue weighted by Crippen LogP contribution is 2.59. The summed E-state index contributed by atoms with van der Waals surface area (Å²) in [6.07, 6.45) is -4.49. The molecular formula is C16H16ClF3NO3P. The fourth-order valence-corrected chi connectivity index (χ4v) is 3.76. The van der Waals surface area contributed by atoms with Gasteiger partial charge in [-0.05, 0) is 35.9 Å². The van der Waals surface area contributed by atoms with Crippen molar-refractivity contribution in [2.24, 2.45) is 0 Å². The van der Waals surface area contributed by atoms with Crippen LogP contribution in [0.15, 0.2) is 48.5 Å². The molecule has 0 saturated carbocycles. The van der Waals surface area contributed by atoms with Gasteiger partial charge < -0.3 is 14.4 Å². The summed E-state index contributed by atoms with van der Waals surface area (Å²) in [6.45, 7) is 0. The Morgan fingerprint density at radius 2 is 1.68 bits per heavy atom. The molecule has 2 aromatic rings. The summed E-state index contributed by atoms with van der Waals surface area (Å²) >= 11 is 5.85.